The number of para-hydroxylation sites is 1. The Morgan fingerprint density at radius 2 is 1.86 bits per heavy atom. The van der Waals surface area contributed by atoms with Crippen molar-refractivity contribution in [3.05, 3.63) is 29.3 Å². The molecule has 2 aliphatic heterocycles. The first-order valence-corrected chi connectivity index (χ1v) is 9.49. The molecule has 0 saturated carbocycles. The second kappa shape index (κ2) is 6.65. The summed E-state index contributed by atoms with van der Waals surface area (Å²) in [4.78, 5) is 7.56. The lowest BCUT2D eigenvalue weighted by molar-refractivity contribution is 0.167. The summed E-state index contributed by atoms with van der Waals surface area (Å²) in [6.07, 6.45) is 5.28. The predicted molar refractivity (Wildman–Crippen MR) is 93.6 cm³/mol. The van der Waals surface area contributed by atoms with Crippen molar-refractivity contribution in [3.63, 3.8) is 0 Å². The van der Waals surface area contributed by atoms with Crippen molar-refractivity contribution in [2.24, 2.45) is 5.92 Å². The minimum Gasteiger partial charge on any atom is -0.317 e. The molecule has 0 spiro atoms. The molecule has 2 aromatic rings. The molecule has 1 aromatic heterocycles. The Kier molecular flexibility index (Phi) is 4.42. The van der Waals surface area contributed by atoms with E-state index in [2.05, 4.69) is 34.5 Å². The number of nitrogens with one attached hydrogen (secondary N) is 1. The van der Waals surface area contributed by atoms with Crippen molar-refractivity contribution in [1.82, 2.24) is 15.2 Å². The van der Waals surface area contributed by atoms with Gasteiger partial charge in [-0.15, -0.1) is 11.3 Å². The molecule has 2 saturated heterocycles. The molecule has 1 aromatic carbocycles. The van der Waals surface area contributed by atoms with Gasteiger partial charge in [-0.25, -0.2) is 4.98 Å². The zero-order valence-electron chi connectivity index (χ0n) is 13.1. The number of nitrogens with zero attached hydrogens (tertiary/aromatic N) is 2. The fourth-order valence-corrected chi connectivity index (χ4v) is 4.99. The summed E-state index contributed by atoms with van der Waals surface area (Å²) < 4.78 is 1.34. The van der Waals surface area contributed by atoms with Crippen LogP contribution in [0.15, 0.2) is 24.3 Å². The predicted octanol–water partition coefficient (Wildman–Crippen LogP) is 3.48. The third kappa shape index (κ3) is 3.19. The van der Waals surface area contributed by atoms with E-state index in [1.165, 1.54) is 73.6 Å². The van der Waals surface area contributed by atoms with E-state index in [9.17, 15) is 0 Å². The maximum absolute atomic E-state index is 4.87. The Labute approximate surface area is 136 Å². The van der Waals surface area contributed by atoms with Crippen molar-refractivity contribution in [2.75, 3.05) is 32.7 Å². The molecule has 0 aliphatic carbocycles. The monoisotopic (exact) mass is 315 g/mol. The highest BCUT2D eigenvalue weighted by molar-refractivity contribution is 7.18. The minimum atomic E-state index is 0.682. The molecule has 4 rings (SSSR count). The molecule has 0 bridgehead atoms. The largest absolute Gasteiger partial charge is 0.317 e. The molecule has 2 fully saturated rings. The van der Waals surface area contributed by atoms with Gasteiger partial charge in [0.1, 0.15) is 0 Å². The number of aromatic nitrogens is 1. The van der Waals surface area contributed by atoms with E-state index in [-0.39, 0.29) is 0 Å². The number of hydrogen-bond donors (Lipinski definition) is 1. The molecule has 4 heteroatoms. The molecule has 118 valence electrons. The normalized spacial score (nSPS) is 22.4. The van der Waals surface area contributed by atoms with Gasteiger partial charge in [-0.3, -0.25) is 0 Å². The van der Waals surface area contributed by atoms with E-state index in [4.69, 9.17) is 4.98 Å². The molecule has 22 heavy (non-hydrogen) atoms. The highest BCUT2D eigenvalue weighted by Crippen LogP contribution is 2.34. The first-order chi connectivity index (χ1) is 10.9. The Morgan fingerprint density at radius 3 is 2.64 bits per heavy atom. The maximum Gasteiger partial charge on any atom is 0.0970 e. The summed E-state index contributed by atoms with van der Waals surface area (Å²) in [6, 6.07) is 8.55. The van der Waals surface area contributed by atoms with Crippen LogP contribution in [0.5, 0.6) is 0 Å². The van der Waals surface area contributed by atoms with E-state index >= 15 is 0 Å². The zero-order valence-corrected chi connectivity index (χ0v) is 13.9. The van der Waals surface area contributed by atoms with Crippen LogP contribution in [0, 0.1) is 5.92 Å². The van der Waals surface area contributed by atoms with Gasteiger partial charge in [0.15, 0.2) is 0 Å². The second-order valence-electron chi connectivity index (χ2n) is 6.79. The molecule has 3 nitrogen and oxygen atoms in total. The highest BCUT2D eigenvalue weighted by Gasteiger charge is 2.25. The quantitative estimate of drug-likeness (QED) is 0.940. The lowest BCUT2D eigenvalue weighted by Crippen LogP contribution is -2.39. The Hall–Kier alpha value is -0.970. The molecule has 3 heterocycles. The van der Waals surface area contributed by atoms with Gasteiger partial charge in [0.05, 0.1) is 15.2 Å². The van der Waals surface area contributed by atoms with Crippen molar-refractivity contribution in [3.8, 4) is 0 Å². The van der Waals surface area contributed by atoms with Gasteiger partial charge >= 0.3 is 0 Å². The molecule has 0 atom stereocenters. The summed E-state index contributed by atoms with van der Waals surface area (Å²) >= 11 is 1.90. The Morgan fingerprint density at radius 1 is 1.09 bits per heavy atom. The highest BCUT2D eigenvalue weighted by atomic mass is 32.1. The van der Waals surface area contributed by atoms with Crippen LogP contribution in [0.4, 0.5) is 0 Å². The van der Waals surface area contributed by atoms with Crippen LogP contribution in [0.25, 0.3) is 10.2 Å². The van der Waals surface area contributed by atoms with Gasteiger partial charge in [-0.2, -0.15) is 0 Å². The first-order valence-electron chi connectivity index (χ1n) is 8.67. The number of benzene rings is 1. The number of likely N-dealkylation sites (tertiary alicyclic amines) is 1. The average molecular weight is 315 g/mol. The summed E-state index contributed by atoms with van der Waals surface area (Å²) in [5.41, 5.74) is 1.18. The zero-order chi connectivity index (χ0) is 14.8. The lowest BCUT2D eigenvalue weighted by atomic mass is 9.93. The SMILES string of the molecule is c1ccc2sc(C3CCN(CC4CCNCC4)CC3)nc2c1. The van der Waals surface area contributed by atoms with Gasteiger partial charge in [-0.05, 0) is 69.9 Å². The fraction of sp³-hybridized carbons (Fsp3) is 0.611. The molecular weight excluding hydrogens is 290 g/mol. The van der Waals surface area contributed by atoms with Crippen LogP contribution in [-0.2, 0) is 0 Å². The first kappa shape index (κ1) is 14.6. The Balaban J connectivity index is 1.35. The van der Waals surface area contributed by atoms with Crippen molar-refractivity contribution >= 4 is 21.6 Å². The number of rotatable bonds is 3. The van der Waals surface area contributed by atoms with Gasteiger partial charge in [0, 0.05) is 12.5 Å². The molecule has 0 radical (unpaired) electrons. The van der Waals surface area contributed by atoms with Crippen LogP contribution in [0.1, 0.15) is 36.6 Å². The number of hydrogen-bond acceptors (Lipinski definition) is 4. The summed E-state index contributed by atoms with van der Waals surface area (Å²) in [7, 11) is 0. The van der Waals surface area contributed by atoms with Crippen LogP contribution in [0.3, 0.4) is 0 Å². The fourth-order valence-electron chi connectivity index (χ4n) is 3.86. The molecule has 1 N–H and O–H groups in total. The van der Waals surface area contributed by atoms with E-state index < -0.39 is 0 Å². The van der Waals surface area contributed by atoms with E-state index in [0.717, 1.165) is 5.92 Å². The summed E-state index contributed by atoms with van der Waals surface area (Å²) in [5, 5.41) is 4.83. The van der Waals surface area contributed by atoms with Gasteiger partial charge < -0.3 is 10.2 Å². The number of piperidine rings is 2. The third-order valence-electron chi connectivity index (χ3n) is 5.22. The number of thiazole rings is 1. The smallest absolute Gasteiger partial charge is 0.0970 e. The standard InChI is InChI=1S/C18H25N3S/c1-2-4-17-16(3-1)20-18(22-17)15-7-11-21(12-8-15)13-14-5-9-19-10-6-14/h1-4,14-15,19H,5-13H2. The summed E-state index contributed by atoms with van der Waals surface area (Å²) in [6.45, 7) is 6.25. The molecular formula is C18H25N3S. The van der Waals surface area contributed by atoms with Crippen molar-refractivity contribution in [2.45, 2.75) is 31.6 Å². The van der Waals surface area contributed by atoms with Crippen LogP contribution in [-0.4, -0.2) is 42.6 Å². The van der Waals surface area contributed by atoms with E-state index in [1.807, 2.05) is 11.3 Å². The van der Waals surface area contributed by atoms with Crippen LogP contribution in [0.2, 0.25) is 0 Å². The van der Waals surface area contributed by atoms with Gasteiger partial charge in [0.25, 0.3) is 0 Å². The summed E-state index contributed by atoms with van der Waals surface area (Å²) in [5.74, 6) is 1.60. The molecule has 0 amide bonds. The van der Waals surface area contributed by atoms with E-state index in [1.54, 1.807) is 0 Å². The van der Waals surface area contributed by atoms with Crippen LogP contribution < -0.4 is 5.32 Å². The number of fused-ring (bicyclic) bond motifs is 1. The van der Waals surface area contributed by atoms with Crippen molar-refractivity contribution in [1.29, 1.82) is 0 Å². The minimum absolute atomic E-state index is 0.682. The van der Waals surface area contributed by atoms with Crippen LogP contribution >= 0.6 is 11.3 Å². The second-order valence-corrected chi connectivity index (χ2v) is 7.85. The molecule has 0 unspecified atom stereocenters. The van der Waals surface area contributed by atoms with Gasteiger partial charge in [0.2, 0.25) is 0 Å². The van der Waals surface area contributed by atoms with E-state index in [0.29, 0.717) is 5.92 Å². The topological polar surface area (TPSA) is 28.2 Å². The molecule has 2 aliphatic rings. The lowest BCUT2D eigenvalue weighted by Gasteiger charge is -2.34. The van der Waals surface area contributed by atoms with Gasteiger partial charge in [-0.1, -0.05) is 12.1 Å². The maximum atomic E-state index is 4.87. The average Bonchev–Trinajstić information content (AvgIpc) is 3.00. The van der Waals surface area contributed by atoms with Crippen molar-refractivity contribution < 1.29 is 0 Å². The third-order valence-corrected chi connectivity index (χ3v) is 6.42. The Bertz CT molecular complexity index is 577.